The molecule has 1 atom stereocenters. The first kappa shape index (κ1) is 9.89. The van der Waals surface area contributed by atoms with Crippen LogP contribution in [0.1, 0.15) is 16.6 Å². The van der Waals surface area contributed by atoms with E-state index in [4.69, 9.17) is 5.73 Å². The smallest absolute Gasteiger partial charge is 0.0845 e. The maximum atomic E-state index is 6.06. The topological polar surface area (TPSA) is 43.8 Å². The molecule has 14 heavy (non-hydrogen) atoms. The van der Waals surface area contributed by atoms with E-state index in [2.05, 4.69) is 21.0 Å². The number of rotatable bonds is 2. The van der Waals surface area contributed by atoms with Gasteiger partial charge in [0.2, 0.25) is 0 Å². The summed E-state index contributed by atoms with van der Waals surface area (Å²) in [5.41, 5.74) is 6.96. The van der Waals surface area contributed by atoms with Crippen molar-refractivity contribution in [1.29, 1.82) is 0 Å². The summed E-state index contributed by atoms with van der Waals surface area (Å²) < 4.78 is 2.83. The van der Waals surface area contributed by atoms with Crippen LogP contribution >= 0.6 is 27.3 Å². The van der Waals surface area contributed by atoms with Crippen LogP contribution in [0.3, 0.4) is 0 Å². The Morgan fingerprint density at radius 2 is 2.43 bits per heavy atom. The summed E-state index contributed by atoms with van der Waals surface area (Å²) in [7, 11) is 1.89. The van der Waals surface area contributed by atoms with Gasteiger partial charge in [0.1, 0.15) is 0 Å². The molecule has 0 saturated carbocycles. The van der Waals surface area contributed by atoms with Crippen molar-refractivity contribution in [2.45, 2.75) is 6.04 Å². The molecule has 0 aliphatic rings. The van der Waals surface area contributed by atoms with Gasteiger partial charge in [-0.05, 0) is 28.1 Å². The molecular weight excluding hydrogens is 262 g/mol. The second kappa shape index (κ2) is 3.84. The second-order valence-corrected chi connectivity index (χ2v) is 4.92. The first-order chi connectivity index (χ1) is 6.66. The Morgan fingerprint density at radius 3 is 2.93 bits per heavy atom. The van der Waals surface area contributed by atoms with Gasteiger partial charge in [-0.25, -0.2) is 0 Å². The minimum atomic E-state index is -0.118. The van der Waals surface area contributed by atoms with Crippen LogP contribution < -0.4 is 5.73 Å². The fourth-order valence-corrected chi connectivity index (χ4v) is 2.69. The summed E-state index contributed by atoms with van der Waals surface area (Å²) in [4.78, 5) is 1.12. The summed E-state index contributed by atoms with van der Waals surface area (Å²) >= 11 is 5.05. The number of nitrogens with zero attached hydrogens (tertiary/aromatic N) is 2. The Balaban J connectivity index is 2.28. The van der Waals surface area contributed by atoms with Gasteiger partial charge in [-0.1, -0.05) is 0 Å². The number of thiophene rings is 1. The van der Waals surface area contributed by atoms with Crippen LogP contribution in [0.4, 0.5) is 0 Å². The van der Waals surface area contributed by atoms with E-state index in [1.165, 1.54) is 0 Å². The average Bonchev–Trinajstić information content (AvgIpc) is 2.73. The molecule has 0 bridgehead atoms. The Labute approximate surface area is 94.7 Å². The number of hydrogen-bond acceptors (Lipinski definition) is 3. The number of halogens is 1. The Kier molecular flexibility index (Phi) is 2.71. The lowest BCUT2D eigenvalue weighted by Crippen LogP contribution is -2.11. The normalized spacial score (nSPS) is 13.1. The van der Waals surface area contributed by atoms with Crippen LogP contribution in [0, 0.1) is 0 Å². The molecule has 0 amide bonds. The van der Waals surface area contributed by atoms with E-state index in [1.807, 2.05) is 30.8 Å². The van der Waals surface area contributed by atoms with Gasteiger partial charge in [0.05, 0.1) is 11.7 Å². The maximum Gasteiger partial charge on any atom is 0.0845 e. The van der Waals surface area contributed by atoms with Crippen LogP contribution in [0.15, 0.2) is 28.2 Å². The highest BCUT2D eigenvalue weighted by Gasteiger charge is 2.13. The molecule has 0 fully saturated rings. The second-order valence-electron chi connectivity index (χ2n) is 3.06. The number of hydrogen-bond donors (Lipinski definition) is 1. The van der Waals surface area contributed by atoms with E-state index >= 15 is 0 Å². The summed E-state index contributed by atoms with van der Waals surface area (Å²) in [6.45, 7) is 0. The highest BCUT2D eigenvalue weighted by molar-refractivity contribution is 9.10. The molecular formula is C9H10BrN3S. The van der Waals surface area contributed by atoms with Crippen molar-refractivity contribution >= 4 is 27.3 Å². The maximum absolute atomic E-state index is 6.06. The first-order valence-corrected chi connectivity index (χ1v) is 5.83. The quantitative estimate of drug-likeness (QED) is 0.911. The molecule has 2 aromatic heterocycles. The molecule has 3 nitrogen and oxygen atoms in total. The van der Waals surface area contributed by atoms with Crippen molar-refractivity contribution in [3.05, 3.63) is 38.8 Å². The van der Waals surface area contributed by atoms with Crippen molar-refractivity contribution < 1.29 is 0 Å². The van der Waals surface area contributed by atoms with Gasteiger partial charge >= 0.3 is 0 Å². The molecule has 2 aromatic rings. The molecule has 5 heteroatoms. The van der Waals surface area contributed by atoms with Gasteiger partial charge in [0.25, 0.3) is 0 Å². The highest BCUT2D eigenvalue weighted by atomic mass is 79.9. The molecule has 2 heterocycles. The zero-order valence-electron chi connectivity index (χ0n) is 7.64. The minimum absolute atomic E-state index is 0.118. The third-order valence-electron chi connectivity index (χ3n) is 1.95. The fourth-order valence-electron chi connectivity index (χ4n) is 1.24. The van der Waals surface area contributed by atoms with Gasteiger partial charge in [-0.3, -0.25) is 4.68 Å². The zero-order chi connectivity index (χ0) is 10.1. The lowest BCUT2D eigenvalue weighted by molar-refractivity contribution is 0.720. The predicted molar refractivity (Wildman–Crippen MR) is 61.3 cm³/mol. The van der Waals surface area contributed by atoms with Crippen molar-refractivity contribution in [3.63, 3.8) is 0 Å². The third kappa shape index (κ3) is 1.89. The van der Waals surface area contributed by atoms with E-state index in [0.29, 0.717) is 0 Å². The van der Waals surface area contributed by atoms with Crippen LogP contribution in [0.5, 0.6) is 0 Å². The highest BCUT2D eigenvalue weighted by Crippen LogP contribution is 2.27. The fraction of sp³-hybridized carbons (Fsp3) is 0.222. The Bertz CT molecular complexity index is 394. The van der Waals surface area contributed by atoms with Crippen molar-refractivity contribution in [1.82, 2.24) is 9.78 Å². The van der Waals surface area contributed by atoms with Gasteiger partial charge in [-0.2, -0.15) is 5.10 Å². The van der Waals surface area contributed by atoms with E-state index in [1.54, 1.807) is 16.0 Å². The van der Waals surface area contributed by atoms with Crippen molar-refractivity contribution in [3.8, 4) is 0 Å². The van der Waals surface area contributed by atoms with Crippen LogP contribution in [-0.4, -0.2) is 9.78 Å². The average molecular weight is 272 g/mol. The van der Waals surface area contributed by atoms with Crippen LogP contribution in [0.25, 0.3) is 0 Å². The third-order valence-corrected chi connectivity index (χ3v) is 3.72. The molecule has 0 aromatic carbocycles. The van der Waals surface area contributed by atoms with E-state index in [-0.39, 0.29) is 6.04 Å². The number of aryl methyl sites for hydroxylation is 1. The molecule has 0 aliphatic carbocycles. The summed E-state index contributed by atoms with van der Waals surface area (Å²) in [6.07, 6.45) is 1.90. The predicted octanol–water partition coefficient (Wildman–Crippen LogP) is 2.29. The van der Waals surface area contributed by atoms with Crippen LogP contribution in [0.2, 0.25) is 0 Å². The lowest BCUT2D eigenvalue weighted by Gasteiger charge is -2.04. The Morgan fingerprint density at radius 1 is 1.64 bits per heavy atom. The monoisotopic (exact) mass is 271 g/mol. The van der Waals surface area contributed by atoms with Crippen molar-refractivity contribution in [2.75, 3.05) is 0 Å². The van der Waals surface area contributed by atoms with Gasteiger partial charge in [0, 0.05) is 28.0 Å². The van der Waals surface area contributed by atoms with Gasteiger partial charge in [-0.15, -0.1) is 11.3 Å². The standard InChI is InChI=1S/C9H10BrN3S/c1-13-3-2-7(12-13)9(11)8-4-6(10)5-14-8/h2-5,9H,11H2,1H3. The molecule has 2 rings (SSSR count). The first-order valence-electron chi connectivity index (χ1n) is 4.16. The van der Waals surface area contributed by atoms with E-state index in [0.717, 1.165) is 15.0 Å². The van der Waals surface area contributed by atoms with Gasteiger partial charge in [0.15, 0.2) is 0 Å². The van der Waals surface area contributed by atoms with E-state index < -0.39 is 0 Å². The molecule has 0 aliphatic heterocycles. The molecule has 0 radical (unpaired) electrons. The molecule has 0 saturated heterocycles. The minimum Gasteiger partial charge on any atom is -0.318 e. The summed E-state index contributed by atoms with van der Waals surface area (Å²) in [5, 5.41) is 6.31. The molecule has 2 N–H and O–H groups in total. The number of nitrogens with two attached hydrogens (primary N) is 1. The SMILES string of the molecule is Cn1ccc(C(N)c2cc(Br)cs2)n1. The van der Waals surface area contributed by atoms with Crippen LogP contribution in [-0.2, 0) is 7.05 Å². The molecule has 0 spiro atoms. The van der Waals surface area contributed by atoms with Crippen molar-refractivity contribution in [2.24, 2.45) is 12.8 Å². The molecule has 74 valence electrons. The van der Waals surface area contributed by atoms with Gasteiger partial charge < -0.3 is 5.73 Å². The largest absolute Gasteiger partial charge is 0.318 e. The zero-order valence-corrected chi connectivity index (χ0v) is 10.0. The Hall–Kier alpha value is -0.650. The lowest BCUT2D eigenvalue weighted by atomic mass is 10.2. The summed E-state index contributed by atoms with van der Waals surface area (Å²) in [5.74, 6) is 0. The van der Waals surface area contributed by atoms with E-state index in [9.17, 15) is 0 Å². The number of aromatic nitrogens is 2. The summed E-state index contributed by atoms with van der Waals surface area (Å²) in [6, 6.07) is 3.86. The molecule has 1 unspecified atom stereocenters.